The third-order valence-corrected chi connectivity index (χ3v) is 2.84. The van der Waals surface area contributed by atoms with Gasteiger partial charge < -0.3 is 9.15 Å². The average Bonchev–Trinajstić information content (AvgIpc) is 2.88. The third-order valence-electron chi connectivity index (χ3n) is 2.84. The fourth-order valence-corrected chi connectivity index (χ4v) is 1.93. The summed E-state index contributed by atoms with van der Waals surface area (Å²) in [5.74, 6) is 0.385. The molecular formula is C12H17NO3. The van der Waals surface area contributed by atoms with Crippen LogP contribution in [0, 0.1) is 5.92 Å². The smallest absolute Gasteiger partial charge is 0.152 e. The van der Waals surface area contributed by atoms with Crippen LogP contribution in [0.4, 0.5) is 0 Å². The highest BCUT2D eigenvalue weighted by atomic mass is 16.5. The predicted molar refractivity (Wildman–Crippen MR) is 59.0 cm³/mol. The van der Waals surface area contributed by atoms with Gasteiger partial charge in [0, 0.05) is 24.6 Å². The van der Waals surface area contributed by atoms with Gasteiger partial charge in [-0.1, -0.05) is 0 Å². The summed E-state index contributed by atoms with van der Waals surface area (Å²) in [4.78, 5) is 13.8. The SMILES string of the molecule is CN(CC(=O)C1CCOC1)Cc1ccoc1. The molecule has 1 fully saturated rings. The number of carbonyl (C=O) groups excluding carboxylic acids is 1. The zero-order valence-electron chi connectivity index (χ0n) is 9.52. The number of furan rings is 1. The molecular weight excluding hydrogens is 206 g/mol. The van der Waals surface area contributed by atoms with E-state index >= 15 is 0 Å². The van der Waals surface area contributed by atoms with Crippen molar-refractivity contribution >= 4 is 5.78 Å². The van der Waals surface area contributed by atoms with E-state index in [9.17, 15) is 4.79 Å². The van der Waals surface area contributed by atoms with Gasteiger partial charge in [0.1, 0.15) is 0 Å². The average molecular weight is 223 g/mol. The normalized spacial score (nSPS) is 20.5. The minimum absolute atomic E-state index is 0.104. The fourth-order valence-electron chi connectivity index (χ4n) is 1.93. The number of hydrogen-bond donors (Lipinski definition) is 0. The minimum Gasteiger partial charge on any atom is -0.472 e. The predicted octanol–water partition coefficient (Wildman–Crippen LogP) is 1.32. The van der Waals surface area contributed by atoms with Crippen LogP contribution in [0.25, 0.3) is 0 Å². The van der Waals surface area contributed by atoms with E-state index in [0.29, 0.717) is 13.2 Å². The molecule has 1 atom stereocenters. The standard InChI is InChI=1S/C12H17NO3/c1-13(6-10-2-4-15-8-10)7-12(14)11-3-5-16-9-11/h2,4,8,11H,3,5-7,9H2,1H3. The Morgan fingerprint density at radius 2 is 2.50 bits per heavy atom. The Kier molecular flexibility index (Phi) is 3.74. The summed E-state index contributed by atoms with van der Waals surface area (Å²) < 4.78 is 10.2. The minimum atomic E-state index is 0.104. The lowest BCUT2D eigenvalue weighted by atomic mass is 10.0. The summed E-state index contributed by atoms with van der Waals surface area (Å²) in [5, 5.41) is 0. The van der Waals surface area contributed by atoms with Crippen molar-refractivity contribution in [3.63, 3.8) is 0 Å². The van der Waals surface area contributed by atoms with Crippen molar-refractivity contribution in [2.24, 2.45) is 5.92 Å². The van der Waals surface area contributed by atoms with Crippen LogP contribution < -0.4 is 0 Å². The molecule has 4 heteroatoms. The first-order chi connectivity index (χ1) is 7.75. The van der Waals surface area contributed by atoms with Gasteiger partial charge in [0.25, 0.3) is 0 Å². The second-order valence-corrected chi connectivity index (χ2v) is 4.33. The van der Waals surface area contributed by atoms with Crippen LogP contribution in [0.2, 0.25) is 0 Å². The maximum Gasteiger partial charge on any atom is 0.152 e. The highest BCUT2D eigenvalue weighted by Crippen LogP contribution is 2.14. The molecule has 88 valence electrons. The van der Waals surface area contributed by atoms with Crippen molar-refractivity contribution in [3.8, 4) is 0 Å². The van der Waals surface area contributed by atoms with Crippen molar-refractivity contribution in [2.45, 2.75) is 13.0 Å². The monoisotopic (exact) mass is 223 g/mol. The number of nitrogens with zero attached hydrogens (tertiary/aromatic N) is 1. The van der Waals surface area contributed by atoms with E-state index in [1.807, 2.05) is 18.0 Å². The molecule has 0 bridgehead atoms. The van der Waals surface area contributed by atoms with Crippen LogP contribution in [0.3, 0.4) is 0 Å². The lowest BCUT2D eigenvalue weighted by molar-refractivity contribution is -0.123. The van der Waals surface area contributed by atoms with Crippen molar-refractivity contribution in [1.29, 1.82) is 0 Å². The van der Waals surface area contributed by atoms with E-state index in [0.717, 1.165) is 25.1 Å². The lowest BCUT2D eigenvalue weighted by Gasteiger charge is -2.16. The summed E-state index contributed by atoms with van der Waals surface area (Å²) in [6.07, 6.45) is 4.23. The number of Topliss-reactive ketones (excluding diaryl/α,β-unsaturated/α-hetero) is 1. The Hall–Kier alpha value is -1.13. The van der Waals surface area contributed by atoms with Gasteiger partial charge in [-0.25, -0.2) is 0 Å². The largest absolute Gasteiger partial charge is 0.472 e. The van der Waals surface area contributed by atoms with E-state index in [4.69, 9.17) is 9.15 Å². The number of ether oxygens (including phenoxy) is 1. The van der Waals surface area contributed by atoms with Crippen LogP contribution in [-0.2, 0) is 16.1 Å². The highest BCUT2D eigenvalue weighted by molar-refractivity contribution is 5.83. The molecule has 1 aliphatic rings. The second kappa shape index (κ2) is 5.27. The summed E-state index contributed by atoms with van der Waals surface area (Å²) in [6, 6.07) is 1.92. The van der Waals surface area contributed by atoms with Gasteiger partial charge in [-0.15, -0.1) is 0 Å². The maximum atomic E-state index is 11.8. The molecule has 1 saturated heterocycles. The second-order valence-electron chi connectivity index (χ2n) is 4.33. The summed E-state index contributed by atoms with van der Waals surface area (Å²) in [7, 11) is 1.95. The summed E-state index contributed by atoms with van der Waals surface area (Å²) >= 11 is 0. The first-order valence-corrected chi connectivity index (χ1v) is 5.56. The molecule has 2 rings (SSSR count). The summed E-state index contributed by atoms with van der Waals surface area (Å²) in [6.45, 7) is 2.55. The fraction of sp³-hybridized carbons (Fsp3) is 0.583. The van der Waals surface area contributed by atoms with Gasteiger partial charge in [0.15, 0.2) is 5.78 Å². The van der Waals surface area contributed by atoms with Gasteiger partial charge >= 0.3 is 0 Å². The molecule has 1 aromatic rings. The molecule has 1 unspecified atom stereocenters. The van der Waals surface area contributed by atoms with Crippen molar-refractivity contribution in [2.75, 3.05) is 26.8 Å². The molecule has 0 N–H and O–H groups in total. The van der Waals surface area contributed by atoms with Crippen LogP contribution in [0.15, 0.2) is 23.0 Å². The van der Waals surface area contributed by atoms with E-state index < -0.39 is 0 Å². The van der Waals surface area contributed by atoms with Gasteiger partial charge in [-0.3, -0.25) is 9.69 Å². The highest BCUT2D eigenvalue weighted by Gasteiger charge is 2.24. The zero-order valence-corrected chi connectivity index (χ0v) is 9.52. The van der Waals surface area contributed by atoms with Gasteiger partial charge in [-0.2, -0.15) is 0 Å². The number of rotatable bonds is 5. The molecule has 2 heterocycles. The molecule has 0 saturated carbocycles. The first-order valence-electron chi connectivity index (χ1n) is 5.56. The Labute approximate surface area is 95.2 Å². The quantitative estimate of drug-likeness (QED) is 0.755. The van der Waals surface area contributed by atoms with Gasteiger partial charge in [-0.05, 0) is 19.5 Å². The van der Waals surface area contributed by atoms with E-state index in [1.165, 1.54) is 0 Å². The number of hydrogen-bond acceptors (Lipinski definition) is 4. The third kappa shape index (κ3) is 2.93. The molecule has 0 spiro atoms. The molecule has 16 heavy (non-hydrogen) atoms. The molecule has 0 aromatic carbocycles. The Morgan fingerprint density at radius 1 is 1.62 bits per heavy atom. The van der Waals surface area contributed by atoms with E-state index in [-0.39, 0.29) is 11.7 Å². The molecule has 0 aliphatic carbocycles. The Bertz CT molecular complexity index is 328. The van der Waals surface area contributed by atoms with Crippen LogP contribution in [0.1, 0.15) is 12.0 Å². The van der Waals surface area contributed by atoms with Crippen molar-refractivity contribution < 1.29 is 13.9 Å². The molecule has 4 nitrogen and oxygen atoms in total. The number of carbonyl (C=O) groups is 1. The zero-order chi connectivity index (χ0) is 11.4. The topological polar surface area (TPSA) is 42.7 Å². The molecule has 1 aliphatic heterocycles. The summed E-state index contributed by atoms with van der Waals surface area (Å²) in [5.41, 5.74) is 1.10. The number of likely N-dealkylation sites (N-methyl/N-ethyl adjacent to an activating group) is 1. The first kappa shape index (κ1) is 11.4. The van der Waals surface area contributed by atoms with Crippen molar-refractivity contribution in [3.05, 3.63) is 24.2 Å². The molecule has 0 amide bonds. The van der Waals surface area contributed by atoms with Gasteiger partial charge in [0.2, 0.25) is 0 Å². The maximum absolute atomic E-state index is 11.8. The van der Waals surface area contributed by atoms with Crippen LogP contribution in [-0.4, -0.2) is 37.5 Å². The van der Waals surface area contributed by atoms with Crippen LogP contribution >= 0.6 is 0 Å². The van der Waals surface area contributed by atoms with Crippen molar-refractivity contribution in [1.82, 2.24) is 4.90 Å². The Morgan fingerprint density at radius 3 is 3.12 bits per heavy atom. The lowest BCUT2D eigenvalue weighted by Crippen LogP contribution is -2.30. The Balaban J connectivity index is 1.78. The number of ketones is 1. The molecule has 1 aromatic heterocycles. The molecule has 0 radical (unpaired) electrons. The van der Waals surface area contributed by atoms with E-state index in [1.54, 1.807) is 12.5 Å². The van der Waals surface area contributed by atoms with Crippen LogP contribution in [0.5, 0.6) is 0 Å². The van der Waals surface area contributed by atoms with Gasteiger partial charge in [0.05, 0.1) is 25.7 Å². The van der Waals surface area contributed by atoms with E-state index in [2.05, 4.69) is 0 Å².